The van der Waals surface area contributed by atoms with Gasteiger partial charge in [-0.3, -0.25) is 14.6 Å². The molecule has 1 aliphatic heterocycles. The van der Waals surface area contributed by atoms with E-state index in [1.54, 1.807) is 23.3 Å². The molecule has 37 heavy (non-hydrogen) atoms. The minimum atomic E-state index is -3.92. The first kappa shape index (κ1) is 23.0. The summed E-state index contributed by atoms with van der Waals surface area (Å²) in [6.07, 6.45) is 10.7. The van der Waals surface area contributed by atoms with Gasteiger partial charge < -0.3 is 15.2 Å². The van der Waals surface area contributed by atoms with Crippen molar-refractivity contribution >= 4 is 37.4 Å². The molecule has 3 aliphatic rings. The van der Waals surface area contributed by atoms with Gasteiger partial charge in [-0.15, -0.1) is 0 Å². The standard InChI is InChI=1S/C26H28N6O4S/c1-32-11-21-23(9-27-10-24(21)31-32)30-18-5-16-4-17-8-28-22(15-2-3-15)7-20(17)25(19(16)6-18)37(34,35)29-12-26(33)13-36-14-26/h4,7-11,15,18,29-30,33H,2-3,5-6,12-14H2,1H3. The van der Waals surface area contributed by atoms with Crippen molar-refractivity contribution in [2.24, 2.45) is 7.05 Å². The lowest BCUT2D eigenvalue weighted by Crippen LogP contribution is -2.56. The zero-order valence-electron chi connectivity index (χ0n) is 20.4. The third kappa shape index (κ3) is 4.06. The van der Waals surface area contributed by atoms with Gasteiger partial charge in [0, 0.05) is 59.8 Å². The number of rotatable bonds is 7. The van der Waals surface area contributed by atoms with E-state index in [0.717, 1.165) is 51.6 Å². The van der Waals surface area contributed by atoms with E-state index in [0.29, 0.717) is 29.0 Å². The Bertz CT molecular complexity index is 1660. The molecule has 1 unspecified atom stereocenters. The fraction of sp³-hybridized carbons (Fsp3) is 0.423. The van der Waals surface area contributed by atoms with E-state index in [9.17, 15) is 13.5 Å². The minimum absolute atomic E-state index is 0.00607. The highest BCUT2D eigenvalue weighted by Gasteiger charge is 2.39. The van der Waals surface area contributed by atoms with Crippen molar-refractivity contribution in [1.29, 1.82) is 0 Å². The van der Waals surface area contributed by atoms with Gasteiger partial charge in [0.1, 0.15) is 11.1 Å². The quantitative estimate of drug-likeness (QED) is 0.337. The zero-order chi connectivity index (χ0) is 25.4. The van der Waals surface area contributed by atoms with E-state index in [1.807, 2.05) is 19.3 Å². The molecule has 11 heteroatoms. The predicted molar refractivity (Wildman–Crippen MR) is 138 cm³/mol. The maximum absolute atomic E-state index is 13.8. The average molecular weight is 521 g/mol. The summed E-state index contributed by atoms with van der Waals surface area (Å²) in [5, 5.41) is 21.0. The van der Waals surface area contributed by atoms with Gasteiger partial charge in [-0.05, 0) is 48.9 Å². The Labute approximate surface area is 214 Å². The van der Waals surface area contributed by atoms with Crippen LogP contribution in [0.5, 0.6) is 0 Å². The van der Waals surface area contributed by atoms with Crippen molar-refractivity contribution in [1.82, 2.24) is 24.5 Å². The molecule has 1 saturated heterocycles. The monoisotopic (exact) mass is 520 g/mol. The Morgan fingerprint density at radius 2 is 2.00 bits per heavy atom. The van der Waals surface area contributed by atoms with E-state index in [1.165, 1.54) is 0 Å². The summed E-state index contributed by atoms with van der Waals surface area (Å²) in [6, 6.07) is 4.02. The lowest BCUT2D eigenvalue weighted by atomic mass is 10.0. The number of aryl methyl sites for hydroxylation is 1. The number of ether oxygens (including phenoxy) is 1. The first-order valence-corrected chi connectivity index (χ1v) is 14.0. The molecule has 3 N–H and O–H groups in total. The van der Waals surface area contributed by atoms with Crippen molar-refractivity contribution in [3.05, 3.63) is 53.7 Å². The molecule has 0 bridgehead atoms. The SMILES string of the molecule is Cn1cc2c(NC3Cc4cc5cnc(C6CC6)cc5c(S(=O)(=O)NCC5(O)COC5)c4C3)cncc2n1. The molecule has 1 aromatic carbocycles. The number of nitrogens with one attached hydrogen (secondary N) is 2. The fourth-order valence-electron chi connectivity index (χ4n) is 5.51. The summed E-state index contributed by atoms with van der Waals surface area (Å²) in [5.41, 5.74) is 3.26. The molecular formula is C26H28N6O4S. The summed E-state index contributed by atoms with van der Waals surface area (Å²) in [5.74, 6) is 0.399. The Hall–Kier alpha value is -3.12. The average Bonchev–Trinajstić information content (AvgIpc) is 3.51. The molecule has 0 spiro atoms. The summed E-state index contributed by atoms with van der Waals surface area (Å²) < 4.78 is 37.1. The summed E-state index contributed by atoms with van der Waals surface area (Å²) >= 11 is 0. The van der Waals surface area contributed by atoms with Crippen molar-refractivity contribution in [3.63, 3.8) is 0 Å². The molecule has 10 nitrogen and oxygen atoms in total. The topological polar surface area (TPSA) is 131 Å². The van der Waals surface area contributed by atoms with Gasteiger partial charge in [0.2, 0.25) is 10.0 Å². The van der Waals surface area contributed by atoms with Gasteiger partial charge in [0.25, 0.3) is 0 Å². The highest BCUT2D eigenvalue weighted by Crippen LogP contribution is 2.42. The molecule has 0 amide bonds. The normalized spacial score (nSPS) is 20.8. The smallest absolute Gasteiger partial charge is 0.241 e. The molecule has 4 heterocycles. The minimum Gasteiger partial charge on any atom is -0.384 e. The number of anilines is 1. The molecule has 4 aromatic rings. The number of nitrogens with zero attached hydrogens (tertiary/aromatic N) is 4. The van der Waals surface area contributed by atoms with Crippen molar-refractivity contribution < 1.29 is 18.3 Å². The lowest BCUT2D eigenvalue weighted by Gasteiger charge is -2.36. The van der Waals surface area contributed by atoms with Gasteiger partial charge in [0.05, 0.1) is 36.2 Å². The number of aliphatic hydroxyl groups is 1. The van der Waals surface area contributed by atoms with Gasteiger partial charge in [-0.1, -0.05) is 0 Å². The first-order chi connectivity index (χ1) is 17.8. The number of pyridine rings is 2. The van der Waals surface area contributed by atoms with Gasteiger partial charge in [0.15, 0.2) is 0 Å². The summed E-state index contributed by atoms with van der Waals surface area (Å²) in [6.45, 7) is 0.162. The van der Waals surface area contributed by atoms with Crippen LogP contribution in [0.15, 0.2) is 41.8 Å². The second-order valence-corrected chi connectivity index (χ2v) is 12.4. The van der Waals surface area contributed by atoms with Crippen molar-refractivity contribution in [3.8, 4) is 0 Å². The van der Waals surface area contributed by atoms with E-state index in [-0.39, 0.29) is 25.8 Å². The molecule has 192 valence electrons. The highest BCUT2D eigenvalue weighted by atomic mass is 32.2. The largest absolute Gasteiger partial charge is 0.384 e. The van der Waals surface area contributed by atoms with Crippen LogP contribution in [-0.2, 0) is 34.6 Å². The van der Waals surface area contributed by atoms with Crippen LogP contribution in [0.1, 0.15) is 35.6 Å². The Morgan fingerprint density at radius 1 is 1.16 bits per heavy atom. The van der Waals surface area contributed by atoms with Crippen molar-refractivity contribution in [2.75, 3.05) is 25.1 Å². The molecule has 3 aromatic heterocycles. The van der Waals surface area contributed by atoms with Crippen LogP contribution in [0.4, 0.5) is 5.69 Å². The third-order valence-electron chi connectivity index (χ3n) is 7.61. The van der Waals surface area contributed by atoms with Crippen LogP contribution >= 0.6 is 0 Å². The van der Waals surface area contributed by atoms with Crippen molar-refractivity contribution in [2.45, 2.75) is 48.1 Å². The van der Waals surface area contributed by atoms with Crippen LogP contribution in [0, 0.1) is 0 Å². The lowest BCUT2D eigenvalue weighted by molar-refractivity contribution is -0.172. The summed E-state index contributed by atoms with van der Waals surface area (Å²) in [7, 11) is -2.04. The number of aromatic nitrogens is 4. The Morgan fingerprint density at radius 3 is 2.76 bits per heavy atom. The van der Waals surface area contributed by atoms with Crippen LogP contribution in [0.2, 0.25) is 0 Å². The van der Waals surface area contributed by atoms with E-state index >= 15 is 0 Å². The molecule has 1 saturated carbocycles. The predicted octanol–water partition coefficient (Wildman–Crippen LogP) is 2.01. The second kappa shape index (κ2) is 8.19. The first-order valence-electron chi connectivity index (χ1n) is 12.6. The van der Waals surface area contributed by atoms with E-state index < -0.39 is 15.6 Å². The fourth-order valence-corrected chi connectivity index (χ4v) is 7.12. The number of fused-ring (bicyclic) bond motifs is 3. The molecule has 7 rings (SSSR count). The van der Waals surface area contributed by atoms with E-state index in [4.69, 9.17) is 4.74 Å². The number of benzene rings is 1. The van der Waals surface area contributed by atoms with Crippen LogP contribution < -0.4 is 10.0 Å². The maximum Gasteiger partial charge on any atom is 0.241 e. The van der Waals surface area contributed by atoms with Gasteiger partial charge in [-0.25, -0.2) is 13.1 Å². The van der Waals surface area contributed by atoms with E-state index in [2.05, 4.69) is 31.2 Å². The van der Waals surface area contributed by atoms with Gasteiger partial charge >= 0.3 is 0 Å². The summed E-state index contributed by atoms with van der Waals surface area (Å²) in [4.78, 5) is 9.27. The molecule has 2 aliphatic carbocycles. The van der Waals surface area contributed by atoms with Crippen LogP contribution in [-0.4, -0.2) is 64.7 Å². The van der Waals surface area contributed by atoms with Crippen LogP contribution in [0.3, 0.4) is 0 Å². The molecule has 0 radical (unpaired) electrons. The molecule has 2 fully saturated rings. The number of sulfonamides is 1. The van der Waals surface area contributed by atoms with Crippen LogP contribution in [0.25, 0.3) is 21.7 Å². The maximum atomic E-state index is 13.8. The molecular weight excluding hydrogens is 492 g/mol. The molecule has 1 atom stereocenters. The Kier molecular flexibility index (Phi) is 5.10. The number of hydrogen-bond donors (Lipinski definition) is 3. The second-order valence-electron chi connectivity index (χ2n) is 10.7. The zero-order valence-corrected chi connectivity index (χ0v) is 21.3. The highest BCUT2D eigenvalue weighted by molar-refractivity contribution is 7.89. The third-order valence-corrected chi connectivity index (χ3v) is 9.14. The number of hydrogen-bond acceptors (Lipinski definition) is 8. The van der Waals surface area contributed by atoms with Gasteiger partial charge in [-0.2, -0.15) is 5.10 Å². The Balaban J connectivity index is 1.28.